The molecule has 0 aliphatic carbocycles. The standard InChI is InChI=1S/C14H22N2O4/c1-19-13-3-5-15-11(14(13)20-2)7-16-6-4-10(9-17)12(18)8-16/h3,5,10,12,17-18H,4,6-9H2,1-2H3/t10-,12+/m0/s1. The van der Waals surface area contributed by atoms with Crippen molar-refractivity contribution >= 4 is 0 Å². The highest BCUT2D eigenvalue weighted by Gasteiger charge is 2.28. The van der Waals surface area contributed by atoms with E-state index in [4.69, 9.17) is 14.6 Å². The van der Waals surface area contributed by atoms with Gasteiger partial charge in [-0.2, -0.15) is 0 Å². The Bertz CT molecular complexity index is 441. The molecule has 1 aromatic rings. The summed E-state index contributed by atoms with van der Waals surface area (Å²) in [4.78, 5) is 6.45. The SMILES string of the molecule is COc1ccnc(CN2CC[C@@H](CO)[C@H](O)C2)c1OC. The van der Waals surface area contributed by atoms with Crippen LogP contribution in [0.1, 0.15) is 12.1 Å². The van der Waals surface area contributed by atoms with Gasteiger partial charge in [-0.3, -0.25) is 9.88 Å². The van der Waals surface area contributed by atoms with Gasteiger partial charge in [0.05, 0.1) is 20.3 Å². The first kappa shape index (κ1) is 15.0. The van der Waals surface area contributed by atoms with Crippen molar-refractivity contribution in [2.75, 3.05) is 33.9 Å². The van der Waals surface area contributed by atoms with Crippen molar-refractivity contribution in [2.45, 2.75) is 19.1 Å². The maximum Gasteiger partial charge on any atom is 0.183 e. The second kappa shape index (κ2) is 6.88. The average Bonchev–Trinajstić information content (AvgIpc) is 2.47. The van der Waals surface area contributed by atoms with Crippen LogP contribution in [-0.2, 0) is 6.54 Å². The van der Waals surface area contributed by atoms with Gasteiger partial charge in [0.15, 0.2) is 11.5 Å². The van der Waals surface area contributed by atoms with Gasteiger partial charge in [0.2, 0.25) is 0 Å². The minimum Gasteiger partial charge on any atom is -0.493 e. The van der Waals surface area contributed by atoms with Crippen molar-refractivity contribution in [3.63, 3.8) is 0 Å². The van der Waals surface area contributed by atoms with E-state index in [9.17, 15) is 5.11 Å². The Hall–Kier alpha value is -1.37. The summed E-state index contributed by atoms with van der Waals surface area (Å²) < 4.78 is 10.6. The van der Waals surface area contributed by atoms with Crippen molar-refractivity contribution in [3.05, 3.63) is 18.0 Å². The largest absolute Gasteiger partial charge is 0.493 e. The van der Waals surface area contributed by atoms with Crippen LogP contribution < -0.4 is 9.47 Å². The van der Waals surface area contributed by atoms with Crippen LogP contribution in [0.4, 0.5) is 0 Å². The first-order valence-electron chi connectivity index (χ1n) is 6.76. The van der Waals surface area contributed by atoms with Gasteiger partial charge in [0.1, 0.15) is 5.69 Å². The summed E-state index contributed by atoms with van der Waals surface area (Å²) in [5.41, 5.74) is 0.793. The molecule has 0 bridgehead atoms. The Morgan fingerprint density at radius 2 is 2.20 bits per heavy atom. The molecule has 1 aliphatic rings. The number of nitrogens with zero attached hydrogens (tertiary/aromatic N) is 2. The fourth-order valence-corrected chi connectivity index (χ4v) is 2.58. The monoisotopic (exact) mass is 282 g/mol. The van der Waals surface area contributed by atoms with Crippen molar-refractivity contribution in [2.24, 2.45) is 5.92 Å². The molecule has 20 heavy (non-hydrogen) atoms. The van der Waals surface area contributed by atoms with Crippen molar-refractivity contribution in [1.82, 2.24) is 9.88 Å². The highest BCUT2D eigenvalue weighted by molar-refractivity contribution is 5.42. The van der Waals surface area contributed by atoms with E-state index in [0.717, 1.165) is 18.7 Å². The van der Waals surface area contributed by atoms with E-state index in [1.807, 2.05) is 0 Å². The number of β-amino-alcohol motifs (C(OH)–C–C–N with tert-alkyl or cyclic N) is 1. The summed E-state index contributed by atoms with van der Waals surface area (Å²) in [5.74, 6) is 1.27. The predicted octanol–water partition coefficient (Wildman–Crippen LogP) is 0.274. The fourth-order valence-electron chi connectivity index (χ4n) is 2.58. The molecule has 1 saturated heterocycles. The lowest BCUT2D eigenvalue weighted by Crippen LogP contribution is -2.44. The first-order chi connectivity index (χ1) is 9.69. The average molecular weight is 282 g/mol. The number of piperidine rings is 1. The third-order valence-corrected chi connectivity index (χ3v) is 3.78. The summed E-state index contributed by atoms with van der Waals surface area (Å²) in [7, 11) is 3.19. The third-order valence-electron chi connectivity index (χ3n) is 3.78. The van der Waals surface area contributed by atoms with Crippen LogP contribution in [0.15, 0.2) is 12.3 Å². The van der Waals surface area contributed by atoms with E-state index in [2.05, 4.69) is 9.88 Å². The van der Waals surface area contributed by atoms with Gasteiger partial charge in [-0.25, -0.2) is 0 Å². The molecule has 0 aromatic carbocycles. The zero-order valence-corrected chi connectivity index (χ0v) is 12.0. The van der Waals surface area contributed by atoms with Gasteiger partial charge >= 0.3 is 0 Å². The lowest BCUT2D eigenvalue weighted by atomic mass is 9.95. The van der Waals surface area contributed by atoms with Crippen LogP contribution in [0.3, 0.4) is 0 Å². The molecule has 0 saturated carbocycles. The Kier molecular flexibility index (Phi) is 5.17. The molecule has 6 nitrogen and oxygen atoms in total. The second-order valence-corrected chi connectivity index (χ2v) is 5.03. The van der Waals surface area contributed by atoms with Gasteiger partial charge in [0, 0.05) is 37.9 Å². The van der Waals surface area contributed by atoms with Gasteiger partial charge in [-0.05, 0) is 13.0 Å². The Morgan fingerprint density at radius 1 is 1.40 bits per heavy atom. The molecule has 112 valence electrons. The van der Waals surface area contributed by atoms with Crippen molar-refractivity contribution in [3.8, 4) is 11.5 Å². The number of ether oxygens (including phenoxy) is 2. The number of likely N-dealkylation sites (tertiary alicyclic amines) is 1. The quantitative estimate of drug-likeness (QED) is 0.807. The molecule has 1 fully saturated rings. The summed E-state index contributed by atoms with van der Waals surface area (Å²) in [5, 5.41) is 19.1. The molecular weight excluding hydrogens is 260 g/mol. The molecule has 1 aliphatic heterocycles. The normalized spacial score (nSPS) is 23.6. The topological polar surface area (TPSA) is 75.1 Å². The molecule has 0 unspecified atom stereocenters. The minimum absolute atomic E-state index is 0.0218. The number of hydrogen-bond donors (Lipinski definition) is 2. The summed E-state index contributed by atoms with van der Waals surface area (Å²) in [6, 6.07) is 1.76. The Labute approximate surface area is 119 Å². The van der Waals surface area contributed by atoms with Crippen LogP contribution in [0, 0.1) is 5.92 Å². The smallest absolute Gasteiger partial charge is 0.183 e. The number of aliphatic hydroxyl groups excluding tert-OH is 2. The summed E-state index contributed by atoms with van der Waals surface area (Å²) in [6.07, 6.45) is 1.97. The Balaban J connectivity index is 2.07. The van der Waals surface area contributed by atoms with Gasteiger partial charge in [-0.15, -0.1) is 0 Å². The molecule has 6 heteroatoms. The maximum absolute atomic E-state index is 9.97. The lowest BCUT2D eigenvalue weighted by molar-refractivity contribution is -0.00501. The number of pyridine rings is 1. The number of methoxy groups -OCH3 is 2. The van der Waals surface area contributed by atoms with Crippen LogP contribution in [0.2, 0.25) is 0 Å². The van der Waals surface area contributed by atoms with Crippen molar-refractivity contribution < 1.29 is 19.7 Å². The highest BCUT2D eigenvalue weighted by Crippen LogP contribution is 2.30. The lowest BCUT2D eigenvalue weighted by Gasteiger charge is -2.35. The molecule has 2 N–H and O–H groups in total. The zero-order chi connectivity index (χ0) is 14.5. The molecule has 0 spiro atoms. The van der Waals surface area contributed by atoms with Gasteiger partial charge < -0.3 is 19.7 Å². The van der Waals surface area contributed by atoms with E-state index < -0.39 is 6.10 Å². The van der Waals surface area contributed by atoms with Crippen LogP contribution >= 0.6 is 0 Å². The van der Waals surface area contributed by atoms with E-state index in [1.165, 1.54) is 0 Å². The van der Waals surface area contributed by atoms with E-state index in [-0.39, 0.29) is 12.5 Å². The van der Waals surface area contributed by atoms with E-state index in [1.54, 1.807) is 26.5 Å². The van der Waals surface area contributed by atoms with E-state index in [0.29, 0.717) is 24.6 Å². The van der Waals surface area contributed by atoms with Gasteiger partial charge in [0.25, 0.3) is 0 Å². The van der Waals surface area contributed by atoms with E-state index >= 15 is 0 Å². The van der Waals surface area contributed by atoms with Crippen LogP contribution in [0.5, 0.6) is 11.5 Å². The minimum atomic E-state index is -0.495. The first-order valence-corrected chi connectivity index (χ1v) is 6.76. The number of rotatable bonds is 5. The third kappa shape index (κ3) is 3.20. The van der Waals surface area contributed by atoms with Gasteiger partial charge in [-0.1, -0.05) is 0 Å². The Morgan fingerprint density at radius 3 is 2.80 bits per heavy atom. The summed E-state index contributed by atoms with van der Waals surface area (Å²) in [6.45, 7) is 1.99. The molecule has 0 radical (unpaired) electrons. The van der Waals surface area contributed by atoms with Crippen LogP contribution in [-0.4, -0.2) is 60.1 Å². The van der Waals surface area contributed by atoms with Crippen LogP contribution in [0.25, 0.3) is 0 Å². The number of aliphatic hydroxyl groups is 2. The second-order valence-electron chi connectivity index (χ2n) is 5.03. The van der Waals surface area contributed by atoms with Crippen molar-refractivity contribution in [1.29, 1.82) is 0 Å². The molecule has 1 aromatic heterocycles. The zero-order valence-electron chi connectivity index (χ0n) is 12.0. The number of aromatic nitrogens is 1. The molecule has 2 atom stereocenters. The molecule has 2 heterocycles. The maximum atomic E-state index is 9.97. The highest BCUT2D eigenvalue weighted by atomic mass is 16.5. The molecule has 2 rings (SSSR count). The number of hydrogen-bond acceptors (Lipinski definition) is 6. The predicted molar refractivity (Wildman–Crippen MR) is 73.8 cm³/mol. The summed E-state index contributed by atoms with van der Waals surface area (Å²) >= 11 is 0. The molecular formula is C14H22N2O4. The fraction of sp³-hybridized carbons (Fsp3) is 0.643. The molecule has 0 amide bonds.